The zero-order chi connectivity index (χ0) is 21.2. The van der Waals surface area contributed by atoms with Crippen LogP contribution < -0.4 is 10.5 Å². The molecule has 1 aliphatic rings. The van der Waals surface area contributed by atoms with E-state index < -0.39 is 10.0 Å². The number of nitrogens with zero attached hydrogens (tertiary/aromatic N) is 2. The highest BCUT2D eigenvalue weighted by molar-refractivity contribution is 7.89. The van der Waals surface area contributed by atoms with Gasteiger partial charge in [-0.25, -0.2) is 18.5 Å². The predicted octanol–water partition coefficient (Wildman–Crippen LogP) is 4.08. The largest absolute Gasteiger partial charge is 0.322 e. The van der Waals surface area contributed by atoms with Gasteiger partial charge in [0.05, 0.1) is 22.0 Å². The molecule has 0 unspecified atom stereocenters. The minimum absolute atomic E-state index is 0.199. The molecule has 0 spiro atoms. The minimum Gasteiger partial charge on any atom is -0.322 e. The molecule has 3 N–H and O–H groups in total. The molecule has 156 valence electrons. The van der Waals surface area contributed by atoms with Gasteiger partial charge in [0.15, 0.2) is 5.03 Å². The molecule has 1 amide bonds. The second-order valence-electron chi connectivity index (χ2n) is 7.47. The summed E-state index contributed by atoms with van der Waals surface area (Å²) in [6, 6.07) is 2.74. The smallest absolute Gasteiger partial charge is 0.257 e. The van der Waals surface area contributed by atoms with Crippen molar-refractivity contribution in [2.45, 2.75) is 63.3 Å². The van der Waals surface area contributed by atoms with Crippen molar-refractivity contribution in [3.05, 3.63) is 45.9 Å². The molecule has 9 heteroatoms. The average Bonchev–Trinajstić information content (AvgIpc) is 2.94. The summed E-state index contributed by atoms with van der Waals surface area (Å²) in [6.45, 7) is 3.66. The Morgan fingerprint density at radius 3 is 2.48 bits per heavy atom. The number of hydrogen-bond donors (Lipinski definition) is 2. The number of nitrogens with two attached hydrogens (primary N) is 1. The number of halogens is 1. The summed E-state index contributed by atoms with van der Waals surface area (Å²) in [7, 11) is -3.97. The van der Waals surface area contributed by atoms with Gasteiger partial charge < -0.3 is 5.32 Å². The lowest BCUT2D eigenvalue weighted by molar-refractivity contribution is 0.102. The molecule has 0 radical (unpaired) electrons. The number of nitrogens with one attached hydrogen (secondary N) is 1. The zero-order valence-corrected chi connectivity index (χ0v) is 18.1. The molecule has 3 rings (SSSR count). The topological polar surface area (TPSA) is 115 Å². The van der Waals surface area contributed by atoms with Crippen LogP contribution in [0.2, 0.25) is 5.02 Å². The van der Waals surface area contributed by atoms with Crippen molar-refractivity contribution in [2.24, 2.45) is 5.14 Å². The molecule has 0 bridgehead atoms. The maximum Gasteiger partial charge on any atom is 0.257 e. The van der Waals surface area contributed by atoms with Gasteiger partial charge in [0.25, 0.3) is 15.9 Å². The van der Waals surface area contributed by atoms with Crippen LogP contribution in [0.15, 0.2) is 23.4 Å². The highest BCUT2D eigenvalue weighted by Crippen LogP contribution is 2.36. The summed E-state index contributed by atoms with van der Waals surface area (Å²) in [6.07, 6.45) is 7.85. The summed E-state index contributed by atoms with van der Waals surface area (Å²) in [5.41, 5.74) is 2.90. The first-order valence-corrected chi connectivity index (χ1v) is 11.6. The molecule has 2 heterocycles. The van der Waals surface area contributed by atoms with Crippen molar-refractivity contribution in [1.82, 2.24) is 9.97 Å². The van der Waals surface area contributed by atoms with E-state index in [-0.39, 0.29) is 22.5 Å². The maximum absolute atomic E-state index is 13.2. The maximum atomic E-state index is 13.2. The minimum atomic E-state index is -3.97. The molecule has 29 heavy (non-hydrogen) atoms. The van der Waals surface area contributed by atoms with E-state index >= 15 is 0 Å². The first-order valence-electron chi connectivity index (χ1n) is 9.65. The molecular formula is C20H25ClN4O3S. The number of primary sulfonamides is 1. The van der Waals surface area contributed by atoms with E-state index in [1.54, 1.807) is 0 Å². The van der Waals surface area contributed by atoms with Gasteiger partial charge in [0.1, 0.15) is 0 Å². The fraction of sp³-hybridized carbons (Fsp3) is 0.450. The van der Waals surface area contributed by atoms with Crippen LogP contribution in [0.1, 0.15) is 71.8 Å². The molecule has 1 saturated carbocycles. The van der Waals surface area contributed by atoms with Crippen LogP contribution >= 0.6 is 11.6 Å². The Bertz CT molecular complexity index is 1030. The Morgan fingerprint density at radius 1 is 1.21 bits per heavy atom. The third-order valence-corrected chi connectivity index (χ3v) is 6.68. The van der Waals surface area contributed by atoms with Crippen molar-refractivity contribution in [1.29, 1.82) is 0 Å². The SMILES string of the molecule is Cc1nc(C2CCCCCC2)c(C(=O)Nc2ccnc(S(N)(=O)=O)c2)c(C)c1Cl. The normalized spacial score (nSPS) is 15.7. The van der Waals surface area contributed by atoms with Crippen molar-refractivity contribution in [2.75, 3.05) is 5.32 Å². The van der Waals surface area contributed by atoms with Gasteiger partial charge in [-0.1, -0.05) is 37.3 Å². The summed E-state index contributed by atoms with van der Waals surface area (Å²) in [4.78, 5) is 21.6. The predicted molar refractivity (Wildman–Crippen MR) is 113 cm³/mol. The first-order chi connectivity index (χ1) is 13.7. The molecule has 0 saturated heterocycles. The van der Waals surface area contributed by atoms with Crippen LogP contribution in [0.4, 0.5) is 5.69 Å². The number of pyridine rings is 2. The van der Waals surface area contributed by atoms with Gasteiger partial charge in [-0.2, -0.15) is 0 Å². The third kappa shape index (κ3) is 4.94. The molecule has 2 aromatic heterocycles. The number of amides is 1. The van der Waals surface area contributed by atoms with Crippen LogP contribution in [0.25, 0.3) is 0 Å². The monoisotopic (exact) mass is 436 g/mol. The summed E-state index contributed by atoms with van der Waals surface area (Å²) in [5.74, 6) is -0.173. The third-order valence-electron chi connectivity index (χ3n) is 5.32. The first kappa shape index (κ1) is 21.7. The lowest BCUT2D eigenvalue weighted by Gasteiger charge is -2.21. The van der Waals surface area contributed by atoms with E-state index in [9.17, 15) is 13.2 Å². The molecule has 0 atom stereocenters. The Morgan fingerprint density at radius 2 is 1.86 bits per heavy atom. The number of sulfonamides is 1. The van der Waals surface area contributed by atoms with E-state index in [0.717, 1.165) is 31.4 Å². The van der Waals surface area contributed by atoms with E-state index in [2.05, 4.69) is 10.3 Å². The number of aryl methyl sites for hydroxylation is 1. The highest BCUT2D eigenvalue weighted by atomic mass is 35.5. The van der Waals surface area contributed by atoms with E-state index in [1.807, 2.05) is 13.8 Å². The number of aromatic nitrogens is 2. The number of carbonyl (C=O) groups excluding carboxylic acids is 1. The Labute approximate surface area is 176 Å². The van der Waals surface area contributed by atoms with Crippen LogP contribution in [0.5, 0.6) is 0 Å². The van der Waals surface area contributed by atoms with Crippen LogP contribution in [-0.2, 0) is 10.0 Å². The van der Waals surface area contributed by atoms with E-state index in [4.69, 9.17) is 21.7 Å². The number of anilines is 1. The standard InChI is InChI=1S/C20H25ClN4O3S/c1-12-17(20(26)25-15-9-10-23-16(11-15)29(22,27)28)19(24-13(2)18(12)21)14-7-5-3-4-6-8-14/h9-11,14H,3-8H2,1-2H3,(H2,22,27,28)(H,23,25,26). The lowest BCUT2D eigenvalue weighted by Crippen LogP contribution is -2.20. The van der Waals surface area contributed by atoms with Crippen molar-refractivity contribution >= 4 is 33.2 Å². The Kier molecular flexibility index (Phi) is 6.55. The second kappa shape index (κ2) is 8.77. The second-order valence-corrected chi connectivity index (χ2v) is 9.35. The zero-order valence-electron chi connectivity index (χ0n) is 16.5. The van der Waals surface area contributed by atoms with Gasteiger partial charge >= 0.3 is 0 Å². The van der Waals surface area contributed by atoms with Crippen molar-refractivity contribution in [3.8, 4) is 0 Å². The number of hydrogen-bond acceptors (Lipinski definition) is 5. The molecular weight excluding hydrogens is 412 g/mol. The summed E-state index contributed by atoms with van der Waals surface area (Å²) < 4.78 is 23.1. The number of carbonyl (C=O) groups is 1. The van der Waals surface area contributed by atoms with Gasteiger partial charge in [-0.3, -0.25) is 9.78 Å². The quantitative estimate of drug-likeness (QED) is 0.700. The summed E-state index contributed by atoms with van der Waals surface area (Å²) >= 11 is 6.41. The fourth-order valence-electron chi connectivity index (χ4n) is 3.83. The molecule has 2 aromatic rings. The molecule has 1 fully saturated rings. The Balaban J connectivity index is 2.00. The van der Waals surface area contributed by atoms with Crippen molar-refractivity contribution < 1.29 is 13.2 Å². The lowest BCUT2D eigenvalue weighted by atomic mass is 9.90. The highest BCUT2D eigenvalue weighted by Gasteiger charge is 2.26. The van der Waals surface area contributed by atoms with Gasteiger partial charge in [0, 0.05) is 23.9 Å². The van der Waals surface area contributed by atoms with E-state index in [0.29, 0.717) is 21.8 Å². The summed E-state index contributed by atoms with van der Waals surface area (Å²) in [5, 5.41) is 8.05. The van der Waals surface area contributed by atoms with Gasteiger partial charge in [0.2, 0.25) is 0 Å². The fourth-order valence-corrected chi connectivity index (χ4v) is 4.47. The van der Waals surface area contributed by atoms with Crippen LogP contribution in [0.3, 0.4) is 0 Å². The molecule has 0 aliphatic heterocycles. The van der Waals surface area contributed by atoms with Crippen LogP contribution in [0, 0.1) is 13.8 Å². The number of rotatable bonds is 4. The van der Waals surface area contributed by atoms with Gasteiger partial charge in [-0.15, -0.1) is 0 Å². The van der Waals surface area contributed by atoms with Crippen LogP contribution in [-0.4, -0.2) is 24.3 Å². The molecule has 0 aromatic carbocycles. The van der Waals surface area contributed by atoms with Crippen molar-refractivity contribution in [3.63, 3.8) is 0 Å². The molecule has 7 nitrogen and oxygen atoms in total. The van der Waals surface area contributed by atoms with Gasteiger partial charge in [-0.05, 0) is 38.3 Å². The average molecular weight is 437 g/mol. The molecule has 1 aliphatic carbocycles. The van der Waals surface area contributed by atoms with E-state index in [1.165, 1.54) is 31.2 Å². The Hall–Kier alpha value is -2.03.